The number of aromatic nitrogens is 1. The molecule has 7 heteroatoms. The van der Waals surface area contributed by atoms with Crippen molar-refractivity contribution in [3.63, 3.8) is 0 Å². The standard InChI is InChI=1S/C12H13N3O4/c1-14-9-5-3-2-4-8(9)10(13-6-7-16)11(12(14)17)15(18)19/h2-5,13,16H,6-7H2,1H3. The molecule has 2 N–H and O–H groups in total. The number of hydrogen-bond donors (Lipinski definition) is 2. The Morgan fingerprint density at radius 2 is 2.11 bits per heavy atom. The summed E-state index contributed by atoms with van der Waals surface area (Å²) < 4.78 is 1.25. The third-order valence-electron chi connectivity index (χ3n) is 2.87. The molecule has 0 amide bonds. The SMILES string of the molecule is Cn1c(=O)c([N+](=O)[O-])c(NCCO)c2ccccc21. The van der Waals surface area contributed by atoms with Gasteiger partial charge in [0.25, 0.3) is 0 Å². The molecule has 1 heterocycles. The molecule has 0 saturated heterocycles. The molecule has 0 aliphatic heterocycles. The number of nitrogens with one attached hydrogen (secondary N) is 1. The van der Waals surface area contributed by atoms with Crippen LogP contribution in [-0.2, 0) is 7.05 Å². The van der Waals surface area contributed by atoms with Gasteiger partial charge in [0.05, 0.1) is 17.0 Å². The summed E-state index contributed by atoms with van der Waals surface area (Å²) in [7, 11) is 1.49. The van der Waals surface area contributed by atoms with Gasteiger partial charge in [-0.2, -0.15) is 0 Å². The van der Waals surface area contributed by atoms with Crippen molar-refractivity contribution in [3.05, 3.63) is 44.7 Å². The van der Waals surface area contributed by atoms with Crippen LogP contribution in [0.25, 0.3) is 10.9 Å². The fourth-order valence-corrected chi connectivity index (χ4v) is 2.01. The number of hydrogen-bond acceptors (Lipinski definition) is 5. The van der Waals surface area contributed by atoms with Gasteiger partial charge in [-0.1, -0.05) is 18.2 Å². The van der Waals surface area contributed by atoms with Gasteiger partial charge in [-0.3, -0.25) is 14.9 Å². The summed E-state index contributed by atoms with van der Waals surface area (Å²) in [6.45, 7) is -0.0430. The van der Waals surface area contributed by atoms with E-state index < -0.39 is 16.2 Å². The second-order valence-corrected chi connectivity index (χ2v) is 4.01. The van der Waals surface area contributed by atoms with Gasteiger partial charge in [-0.15, -0.1) is 0 Å². The number of aryl methyl sites for hydroxylation is 1. The third kappa shape index (κ3) is 2.15. The van der Waals surface area contributed by atoms with Crippen LogP contribution in [0.4, 0.5) is 11.4 Å². The highest BCUT2D eigenvalue weighted by Gasteiger charge is 2.24. The summed E-state index contributed by atoms with van der Waals surface area (Å²) in [6, 6.07) is 6.90. The van der Waals surface area contributed by atoms with Crippen molar-refractivity contribution in [3.8, 4) is 0 Å². The number of pyridine rings is 1. The minimum Gasteiger partial charge on any atom is -0.395 e. The van der Waals surface area contributed by atoms with E-state index >= 15 is 0 Å². The molecule has 7 nitrogen and oxygen atoms in total. The molecule has 0 unspecified atom stereocenters. The van der Waals surface area contributed by atoms with E-state index in [-0.39, 0.29) is 18.8 Å². The first-order chi connectivity index (χ1) is 9.07. The number of nitrogens with zero attached hydrogens (tertiary/aromatic N) is 2. The van der Waals surface area contributed by atoms with Crippen molar-refractivity contribution in [2.45, 2.75) is 0 Å². The highest BCUT2D eigenvalue weighted by atomic mass is 16.6. The second kappa shape index (κ2) is 5.07. The van der Waals surface area contributed by atoms with Crippen LogP contribution >= 0.6 is 0 Å². The van der Waals surface area contributed by atoms with Gasteiger partial charge in [-0.25, -0.2) is 0 Å². The van der Waals surface area contributed by atoms with Gasteiger partial charge < -0.3 is 15.0 Å². The molecule has 0 spiro atoms. The lowest BCUT2D eigenvalue weighted by molar-refractivity contribution is -0.385. The Morgan fingerprint density at radius 1 is 1.42 bits per heavy atom. The van der Waals surface area contributed by atoms with Crippen LogP contribution < -0.4 is 10.9 Å². The average Bonchev–Trinajstić information content (AvgIpc) is 2.40. The number of anilines is 1. The van der Waals surface area contributed by atoms with Gasteiger partial charge in [-0.05, 0) is 6.07 Å². The summed E-state index contributed by atoms with van der Waals surface area (Å²) in [5.74, 6) is 0. The second-order valence-electron chi connectivity index (χ2n) is 4.01. The zero-order valence-electron chi connectivity index (χ0n) is 10.3. The fourth-order valence-electron chi connectivity index (χ4n) is 2.01. The van der Waals surface area contributed by atoms with Crippen LogP contribution in [-0.4, -0.2) is 27.7 Å². The minimum atomic E-state index is -0.700. The molecule has 1 aromatic carbocycles. The summed E-state index contributed by atoms with van der Waals surface area (Å²) in [5.41, 5.74) is -0.435. The highest BCUT2D eigenvalue weighted by Crippen LogP contribution is 2.29. The van der Waals surface area contributed by atoms with Crippen molar-refractivity contribution < 1.29 is 10.0 Å². The Kier molecular flexibility index (Phi) is 3.48. The molecule has 0 radical (unpaired) electrons. The number of aliphatic hydroxyl groups excluding tert-OH is 1. The highest BCUT2D eigenvalue weighted by molar-refractivity contribution is 5.96. The smallest absolute Gasteiger partial charge is 0.357 e. The maximum absolute atomic E-state index is 12.0. The van der Waals surface area contributed by atoms with Crippen LogP contribution in [0.15, 0.2) is 29.1 Å². The van der Waals surface area contributed by atoms with Gasteiger partial charge in [0.1, 0.15) is 5.69 Å². The molecule has 0 atom stereocenters. The Bertz CT molecular complexity index is 693. The molecule has 2 aromatic rings. The molecule has 2 rings (SSSR count). The van der Waals surface area contributed by atoms with E-state index in [0.717, 1.165) is 0 Å². The predicted octanol–water partition coefficient (Wildman–Crippen LogP) is 0.851. The van der Waals surface area contributed by atoms with E-state index in [9.17, 15) is 14.9 Å². The zero-order chi connectivity index (χ0) is 14.0. The van der Waals surface area contributed by atoms with E-state index in [1.54, 1.807) is 24.3 Å². The van der Waals surface area contributed by atoms with Crippen LogP contribution in [0.3, 0.4) is 0 Å². The number of nitro groups is 1. The normalized spacial score (nSPS) is 10.6. The lowest BCUT2D eigenvalue weighted by Crippen LogP contribution is -2.23. The third-order valence-corrected chi connectivity index (χ3v) is 2.87. The number of rotatable bonds is 4. The first-order valence-corrected chi connectivity index (χ1v) is 5.68. The predicted molar refractivity (Wildman–Crippen MR) is 71.4 cm³/mol. The fraction of sp³-hybridized carbons (Fsp3) is 0.250. The first-order valence-electron chi connectivity index (χ1n) is 5.68. The quantitative estimate of drug-likeness (QED) is 0.629. The maximum Gasteiger partial charge on any atom is 0.357 e. The summed E-state index contributed by atoms with van der Waals surface area (Å²) in [5, 5.41) is 23.3. The topological polar surface area (TPSA) is 97.4 Å². The molecule has 0 aliphatic rings. The Balaban J connectivity index is 2.86. The molecule has 0 aliphatic carbocycles. The first kappa shape index (κ1) is 13.0. The molecule has 0 bridgehead atoms. The van der Waals surface area contributed by atoms with E-state index in [0.29, 0.717) is 10.9 Å². The summed E-state index contributed by atoms with van der Waals surface area (Å²) in [6.07, 6.45) is 0. The number of benzene rings is 1. The zero-order valence-corrected chi connectivity index (χ0v) is 10.3. The van der Waals surface area contributed by atoms with E-state index in [1.165, 1.54) is 11.6 Å². The van der Waals surface area contributed by atoms with Gasteiger partial charge in [0.2, 0.25) is 0 Å². The lowest BCUT2D eigenvalue weighted by atomic mass is 10.1. The number of para-hydroxylation sites is 1. The van der Waals surface area contributed by atoms with Crippen molar-refractivity contribution in [2.24, 2.45) is 7.05 Å². The van der Waals surface area contributed by atoms with Gasteiger partial charge in [0.15, 0.2) is 0 Å². The summed E-state index contributed by atoms with van der Waals surface area (Å²) >= 11 is 0. The van der Waals surface area contributed by atoms with Crippen LogP contribution in [0.2, 0.25) is 0 Å². The summed E-state index contributed by atoms with van der Waals surface area (Å²) in [4.78, 5) is 22.4. The van der Waals surface area contributed by atoms with E-state index in [1.807, 2.05) is 0 Å². The number of aliphatic hydroxyl groups is 1. The maximum atomic E-state index is 12.0. The molecular formula is C12H13N3O4. The van der Waals surface area contributed by atoms with Gasteiger partial charge in [0, 0.05) is 19.0 Å². The van der Waals surface area contributed by atoms with Crippen molar-refractivity contribution in [1.29, 1.82) is 0 Å². The van der Waals surface area contributed by atoms with Crippen molar-refractivity contribution in [1.82, 2.24) is 4.57 Å². The number of fused-ring (bicyclic) bond motifs is 1. The lowest BCUT2D eigenvalue weighted by Gasteiger charge is -2.11. The largest absolute Gasteiger partial charge is 0.395 e. The van der Waals surface area contributed by atoms with E-state index in [2.05, 4.69) is 5.32 Å². The van der Waals surface area contributed by atoms with Crippen LogP contribution in [0.5, 0.6) is 0 Å². The van der Waals surface area contributed by atoms with Crippen molar-refractivity contribution >= 4 is 22.3 Å². The molecule has 100 valence electrons. The van der Waals surface area contributed by atoms with Crippen molar-refractivity contribution in [2.75, 3.05) is 18.5 Å². The molecule has 0 saturated carbocycles. The molecule has 19 heavy (non-hydrogen) atoms. The minimum absolute atomic E-state index is 0.137. The Labute approximate surface area is 108 Å². The van der Waals surface area contributed by atoms with E-state index in [4.69, 9.17) is 5.11 Å². The average molecular weight is 263 g/mol. The molecule has 0 fully saturated rings. The molecular weight excluding hydrogens is 250 g/mol. The molecule has 1 aromatic heterocycles. The van der Waals surface area contributed by atoms with Crippen LogP contribution in [0.1, 0.15) is 0 Å². The Hall–Kier alpha value is -2.41. The Morgan fingerprint density at radius 3 is 2.74 bits per heavy atom. The monoisotopic (exact) mass is 263 g/mol. The van der Waals surface area contributed by atoms with Gasteiger partial charge >= 0.3 is 11.2 Å². The van der Waals surface area contributed by atoms with Crippen LogP contribution in [0, 0.1) is 10.1 Å².